The molecular weight excluding hydrogens is 305 g/mol. The monoisotopic (exact) mass is 324 g/mol. The van der Waals surface area contributed by atoms with Gasteiger partial charge in [-0.15, -0.1) is 0 Å². The molecule has 2 rings (SSSR count). The third-order valence-electron chi connectivity index (χ3n) is 3.67. The molecule has 2 nitrogen and oxygen atoms in total. The van der Waals surface area contributed by atoms with Crippen LogP contribution < -0.4 is 5.30 Å². The second kappa shape index (κ2) is 6.72. The molecule has 0 heterocycles. The lowest BCUT2D eigenvalue weighted by Crippen LogP contribution is -2.08. The Kier molecular flexibility index (Phi) is 5.15. The summed E-state index contributed by atoms with van der Waals surface area (Å²) in [7, 11) is -2.81. The first kappa shape index (κ1) is 16.9. The van der Waals surface area contributed by atoms with Crippen molar-refractivity contribution in [3.63, 3.8) is 0 Å². The van der Waals surface area contributed by atoms with Crippen LogP contribution in [0.5, 0.6) is 0 Å². The van der Waals surface area contributed by atoms with Crippen LogP contribution in [-0.2, 0) is 9.09 Å². The summed E-state index contributed by atoms with van der Waals surface area (Å²) >= 11 is 0. The molecule has 0 N–H and O–H groups in total. The predicted molar refractivity (Wildman–Crippen MR) is 85.1 cm³/mol. The molecule has 0 fully saturated rings. The van der Waals surface area contributed by atoms with Crippen LogP contribution in [0, 0.1) is 11.6 Å². The van der Waals surface area contributed by atoms with Crippen LogP contribution in [0.4, 0.5) is 8.78 Å². The molecule has 2 unspecified atom stereocenters. The van der Waals surface area contributed by atoms with E-state index >= 15 is 0 Å². The van der Waals surface area contributed by atoms with Gasteiger partial charge in [-0.2, -0.15) is 0 Å². The zero-order valence-electron chi connectivity index (χ0n) is 12.8. The van der Waals surface area contributed by atoms with Crippen molar-refractivity contribution in [2.45, 2.75) is 19.8 Å². The molecule has 0 saturated carbocycles. The molecule has 0 spiro atoms. The van der Waals surface area contributed by atoms with Crippen LogP contribution in [0.1, 0.15) is 30.9 Å². The Balaban J connectivity index is 2.28. The van der Waals surface area contributed by atoms with Crippen molar-refractivity contribution in [3.8, 4) is 0 Å². The number of benzene rings is 2. The predicted octanol–water partition coefficient (Wildman–Crippen LogP) is 4.69. The number of halogens is 2. The Morgan fingerprint density at radius 1 is 1.14 bits per heavy atom. The van der Waals surface area contributed by atoms with Crippen LogP contribution in [0.25, 0.3) is 0 Å². The maximum Gasteiger partial charge on any atom is 0.229 e. The van der Waals surface area contributed by atoms with Gasteiger partial charge in [0.2, 0.25) is 7.37 Å². The zero-order chi connectivity index (χ0) is 16.3. The Morgan fingerprint density at radius 3 is 2.32 bits per heavy atom. The lowest BCUT2D eigenvalue weighted by atomic mass is 9.93. The highest BCUT2D eigenvalue weighted by Crippen LogP contribution is 2.41. The third-order valence-corrected chi connectivity index (χ3v) is 5.65. The van der Waals surface area contributed by atoms with E-state index in [9.17, 15) is 13.3 Å². The molecule has 2 atom stereocenters. The minimum absolute atomic E-state index is 0.224. The fourth-order valence-electron chi connectivity index (χ4n) is 2.39. The summed E-state index contributed by atoms with van der Waals surface area (Å²) in [5.41, 5.74) is 1.30. The quantitative estimate of drug-likeness (QED) is 0.746. The Morgan fingerprint density at radius 2 is 1.77 bits per heavy atom. The van der Waals surface area contributed by atoms with Crippen LogP contribution in [-0.4, -0.2) is 13.3 Å². The van der Waals surface area contributed by atoms with Gasteiger partial charge in [-0.1, -0.05) is 25.1 Å². The second-order valence-electron chi connectivity index (χ2n) is 5.24. The van der Waals surface area contributed by atoms with E-state index in [-0.39, 0.29) is 5.92 Å². The van der Waals surface area contributed by atoms with Gasteiger partial charge < -0.3 is 4.52 Å². The van der Waals surface area contributed by atoms with Gasteiger partial charge in [0.1, 0.15) is 11.6 Å². The molecule has 22 heavy (non-hydrogen) atoms. The van der Waals surface area contributed by atoms with Crippen molar-refractivity contribution in [1.82, 2.24) is 0 Å². The summed E-state index contributed by atoms with van der Waals surface area (Å²) in [4.78, 5) is 0. The third kappa shape index (κ3) is 3.63. The molecule has 0 aliphatic rings. The lowest BCUT2D eigenvalue weighted by Gasteiger charge is -2.16. The van der Waals surface area contributed by atoms with E-state index in [0.717, 1.165) is 11.6 Å². The van der Waals surface area contributed by atoms with Gasteiger partial charge in [0.15, 0.2) is 0 Å². The molecule has 2 aromatic rings. The molecule has 0 saturated heterocycles. The van der Waals surface area contributed by atoms with Crippen LogP contribution >= 0.6 is 7.37 Å². The van der Waals surface area contributed by atoms with Crippen molar-refractivity contribution >= 4 is 12.7 Å². The molecular formula is C17H19F2O2P. The maximum atomic E-state index is 13.9. The summed E-state index contributed by atoms with van der Waals surface area (Å²) in [6.07, 6.45) is 0. The summed E-state index contributed by atoms with van der Waals surface area (Å²) in [5.74, 6) is -1.38. The van der Waals surface area contributed by atoms with Gasteiger partial charge in [-0.3, -0.25) is 4.57 Å². The highest BCUT2D eigenvalue weighted by atomic mass is 31.2. The molecule has 0 aliphatic heterocycles. The SMILES string of the molecule is CCOP(C)(=O)c1ccc(C(C)c2ccc(F)cc2F)cc1. The van der Waals surface area contributed by atoms with Gasteiger partial charge in [-0.05, 0) is 36.2 Å². The smallest absolute Gasteiger partial charge is 0.229 e. The average Bonchev–Trinajstić information content (AvgIpc) is 2.47. The van der Waals surface area contributed by atoms with Crippen molar-refractivity contribution in [1.29, 1.82) is 0 Å². The van der Waals surface area contributed by atoms with Gasteiger partial charge in [0.05, 0.1) is 6.61 Å². The van der Waals surface area contributed by atoms with Gasteiger partial charge in [-0.25, -0.2) is 8.78 Å². The molecule has 118 valence electrons. The van der Waals surface area contributed by atoms with E-state index in [1.54, 1.807) is 37.9 Å². The van der Waals surface area contributed by atoms with Gasteiger partial charge in [0.25, 0.3) is 0 Å². The largest absolute Gasteiger partial charge is 0.326 e. The molecule has 0 aromatic heterocycles. The van der Waals surface area contributed by atoms with Gasteiger partial charge >= 0.3 is 0 Å². The highest BCUT2D eigenvalue weighted by Gasteiger charge is 2.19. The summed E-state index contributed by atoms with van der Waals surface area (Å²) in [6, 6.07) is 10.7. The van der Waals surface area contributed by atoms with E-state index in [4.69, 9.17) is 4.52 Å². The standard InChI is InChI=1S/C17H19F2O2P/c1-4-21-22(3,20)15-8-5-13(6-9-15)12(2)16-10-7-14(18)11-17(16)19/h5-12H,4H2,1-3H3. The number of hydrogen-bond donors (Lipinski definition) is 0. The molecule has 5 heteroatoms. The van der Waals surface area contributed by atoms with Gasteiger partial charge in [0, 0.05) is 24.0 Å². The fraction of sp³-hybridized carbons (Fsp3) is 0.294. The average molecular weight is 324 g/mol. The van der Waals surface area contributed by atoms with Crippen LogP contribution in [0.3, 0.4) is 0 Å². The van der Waals surface area contributed by atoms with E-state index in [2.05, 4.69) is 0 Å². The molecule has 0 radical (unpaired) electrons. The van der Waals surface area contributed by atoms with Crippen LogP contribution in [0.15, 0.2) is 42.5 Å². The fourth-order valence-corrected chi connectivity index (χ4v) is 3.72. The summed E-state index contributed by atoms with van der Waals surface area (Å²) < 4.78 is 44.5. The first-order valence-corrected chi connectivity index (χ1v) is 9.20. The minimum Gasteiger partial charge on any atom is -0.326 e. The Bertz CT molecular complexity index is 698. The van der Waals surface area contributed by atoms with Crippen molar-refractivity contribution in [2.24, 2.45) is 0 Å². The Hall–Kier alpha value is -1.51. The van der Waals surface area contributed by atoms with E-state index < -0.39 is 19.0 Å². The van der Waals surface area contributed by atoms with Crippen molar-refractivity contribution in [2.75, 3.05) is 13.3 Å². The maximum absolute atomic E-state index is 13.9. The number of hydrogen-bond acceptors (Lipinski definition) is 2. The van der Waals surface area contributed by atoms with E-state index in [1.807, 2.05) is 6.92 Å². The first-order chi connectivity index (χ1) is 10.3. The van der Waals surface area contributed by atoms with Crippen molar-refractivity contribution in [3.05, 3.63) is 65.2 Å². The summed E-state index contributed by atoms with van der Waals surface area (Å²) in [6.45, 7) is 5.60. The van der Waals surface area contributed by atoms with Crippen LogP contribution in [0.2, 0.25) is 0 Å². The normalized spacial score (nSPS) is 15.3. The van der Waals surface area contributed by atoms with Crippen molar-refractivity contribution < 1.29 is 17.9 Å². The van der Waals surface area contributed by atoms with E-state index in [0.29, 0.717) is 17.5 Å². The molecule has 0 aliphatic carbocycles. The summed E-state index contributed by atoms with van der Waals surface area (Å²) in [5, 5.41) is 0.630. The minimum atomic E-state index is -2.81. The van der Waals surface area contributed by atoms with E-state index in [1.165, 1.54) is 12.1 Å². The number of rotatable bonds is 5. The first-order valence-electron chi connectivity index (χ1n) is 7.12. The molecule has 2 aromatic carbocycles. The topological polar surface area (TPSA) is 26.3 Å². The second-order valence-corrected chi connectivity index (χ2v) is 7.71. The molecule has 0 bridgehead atoms. The highest BCUT2D eigenvalue weighted by molar-refractivity contribution is 7.66. The molecule has 0 amide bonds. The zero-order valence-corrected chi connectivity index (χ0v) is 13.7. The lowest BCUT2D eigenvalue weighted by molar-refractivity contribution is 0.345. The Labute approximate surface area is 129 Å².